The van der Waals surface area contributed by atoms with Crippen molar-refractivity contribution in [2.45, 2.75) is 38.3 Å². The summed E-state index contributed by atoms with van der Waals surface area (Å²) >= 11 is 7.21. The van der Waals surface area contributed by atoms with Gasteiger partial charge in [-0.15, -0.1) is 5.10 Å². The number of halogens is 1. The highest BCUT2D eigenvalue weighted by Crippen LogP contribution is 2.25. The molecule has 0 bridgehead atoms. The molecular weight excluding hydrogens is 274 g/mol. The van der Waals surface area contributed by atoms with E-state index in [0.29, 0.717) is 17.3 Å². The van der Waals surface area contributed by atoms with E-state index >= 15 is 0 Å². The topological polar surface area (TPSA) is 55.3 Å². The molecule has 1 fully saturated rings. The molecule has 0 saturated carbocycles. The maximum absolute atomic E-state index is 11.4. The van der Waals surface area contributed by atoms with E-state index in [0.717, 1.165) is 31.5 Å². The molecule has 1 aliphatic rings. The fraction of sp³-hybridized carbons (Fsp3) is 0.727. The normalized spacial score (nSPS) is 20.9. The van der Waals surface area contributed by atoms with Gasteiger partial charge in [0.05, 0.1) is 13.5 Å². The number of aromatic nitrogens is 2. The Labute approximate surface area is 115 Å². The van der Waals surface area contributed by atoms with Crippen molar-refractivity contribution in [1.82, 2.24) is 14.5 Å². The van der Waals surface area contributed by atoms with Crippen LogP contribution >= 0.6 is 23.1 Å². The van der Waals surface area contributed by atoms with Gasteiger partial charge in [-0.3, -0.25) is 9.69 Å². The largest absolute Gasteiger partial charge is 0.469 e. The van der Waals surface area contributed by atoms with Crippen LogP contribution < -0.4 is 0 Å². The molecule has 0 aliphatic carbocycles. The molecule has 1 saturated heterocycles. The molecule has 1 aromatic heterocycles. The third-order valence-corrected chi connectivity index (χ3v) is 4.23. The number of methoxy groups -OCH3 is 1. The lowest BCUT2D eigenvalue weighted by Gasteiger charge is -2.34. The van der Waals surface area contributed by atoms with Crippen molar-refractivity contribution in [3.63, 3.8) is 0 Å². The van der Waals surface area contributed by atoms with Crippen LogP contribution in [0.5, 0.6) is 0 Å². The number of esters is 1. The number of carbonyl (C=O) groups is 1. The van der Waals surface area contributed by atoms with Crippen LogP contribution in [0.3, 0.4) is 0 Å². The summed E-state index contributed by atoms with van der Waals surface area (Å²) in [5.74, 6) is -0.158. The van der Waals surface area contributed by atoms with Gasteiger partial charge in [-0.1, -0.05) is 22.5 Å². The third kappa shape index (κ3) is 3.40. The maximum Gasteiger partial charge on any atom is 0.307 e. The predicted octanol–water partition coefficient (Wildman–Crippen LogP) is 2.11. The van der Waals surface area contributed by atoms with E-state index in [2.05, 4.69) is 14.5 Å². The zero-order valence-corrected chi connectivity index (χ0v) is 11.8. The van der Waals surface area contributed by atoms with Gasteiger partial charge in [0.25, 0.3) is 0 Å². The Hall–Kier alpha value is -0.720. The van der Waals surface area contributed by atoms with Gasteiger partial charge in [0, 0.05) is 24.1 Å². The Morgan fingerprint density at radius 2 is 2.44 bits per heavy atom. The molecule has 1 unspecified atom stereocenters. The third-order valence-electron chi connectivity index (χ3n) is 3.24. The van der Waals surface area contributed by atoms with Crippen LogP contribution in [-0.2, 0) is 16.1 Å². The summed E-state index contributed by atoms with van der Waals surface area (Å²) in [4.78, 5) is 13.6. The van der Waals surface area contributed by atoms with Gasteiger partial charge in [0.15, 0.2) is 0 Å². The van der Waals surface area contributed by atoms with Crippen molar-refractivity contribution in [2.75, 3.05) is 13.7 Å². The standard InChI is InChI=1S/C11H16ClN3O2S/c1-17-10(16)6-8-4-2-3-5-15(8)7-9-11(12)18-14-13-9/h8H,2-7H2,1H3. The second-order valence-corrected chi connectivity index (χ2v) is 5.75. The minimum absolute atomic E-state index is 0.158. The van der Waals surface area contributed by atoms with Crippen LogP contribution in [-0.4, -0.2) is 40.2 Å². The van der Waals surface area contributed by atoms with Gasteiger partial charge >= 0.3 is 5.97 Å². The van der Waals surface area contributed by atoms with Crippen molar-refractivity contribution in [2.24, 2.45) is 0 Å². The first-order valence-electron chi connectivity index (χ1n) is 5.98. The summed E-state index contributed by atoms with van der Waals surface area (Å²) in [6.07, 6.45) is 3.75. The molecule has 0 aromatic carbocycles. The minimum Gasteiger partial charge on any atom is -0.469 e. The van der Waals surface area contributed by atoms with Crippen LogP contribution in [0.25, 0.3) is 0 Å². The first-order chi connectivity index (χ1) is 8.70. The first kappa shape index (κ1) is 13.7. The van der Waals surface area contributed by atoms with Crippen molar-refractivity contribution in [3.05, 3.63) is 10.0 Å². The number of hydrogen-bond acceptors (Lipinski definition) is 6. The maximum atomic E-state index is 11.4. The predicted molar refractivity (Wildman–Crippen MR) is 69.6 cm³/mol. The van der Waals surface area contributed by atoms with Gasteiger partial charge < -0.3 is 4.74 Å². The second kappa shape index (κ2) is 6.45. The van der Waals surface area contributed by atoms with E-state index in [4.69, 9.17) is 16.3 Å². The van der Waals surface area contributed by atoms with Gasteiger partial charge in [-0.2, -0.15) is 0 Å². The van der Waals surface area contributed by atoms with Gasteiger partial charge in [-0.05, 0) is 19.4 Å². The zero-order valence-electron chi connectivity index (χ0n) is 10.3. The van der Waals surface area contributed by atoms with Crippen LogP contribution in [0.1, 0.15) is 31.4 Å². The minimum atomic E-state index is -0.158. The van der Waals surface area contributed by atoms with Crippen LogP contribution in [0.15, 0.2) is 0 Å². The first-order valence-corrected chi connectivity index (χ1v) is 7.13. The van der Waals surface area contributed by atoms with Gasteiger partial charge in [0.2, 0.25) is 0 Å². The summed E-state index contributed by atoms with van der Waals surface area (Å²) in [6.45, 7) is 1.63. The summed E-state index contributed by atoms with van der Waals surface area (Å²) in [5.41, 5.74) is 0.804. The smallest absolute Gasteiger partial charge is 0.307 e. The summed E-state index contributed by atoms with van der Waals surface area (Å²) in [7, 11) is 1.43. The van der Waals surface area contributed by atoms with Gasteiger partial charge in [-0.25, -0.2) is 0 Å². The lowest BCUT2D eigenvalue weighted by molar-refractivity contribution is -0.142. The molecule has 2 heterocycles. The lowest BCUT2D eigenvalue weighted by Crippen LogP contribution is -2.40. The summed E-state index contributed by atoms with van der Waals surface area (Å²) in [5, 5.41) is 4.02. The van der Waals surface area contributed by atoms with E-state index in [1.807, 2.05) is 0 Å². The van der Waals surface area contributed by atoms with Gasteiger partial charge in [0.1, 0.15) is 10.0 Å². The van der Waals surface area contributed by atoms with E-state index in [-0.39, 0.29) is 12.0 Å². The number of piperidine rings is 1. The Morgan fingerprint density at radius 1 is 1.61 bits per heavy atom. The highest BCUT2D eigenvalue weighted by Gasteiger charge is 2.26. The summed E-state index contributed by atoms with van der Waals surface area (Å²) in [6, 6.07) is 0.226. The van der Waals surface area contributed by atoms with E-state index in [9.17, 15) is 4.79 Å². The molecule has 0 radical (unpaired) electrons. The molecule has 5 nitrogen and oxygen atoms in total. The second-order valence-electron chi connectivity index (χ2n) is 4.39. The number of nitrogens with zero attached hydrogens (tertiary/aromatic N) is 3. The Bertz CT molecular complexity index is 413. The molecule has 18 heavy (non-hydrogen) atoms. The fourth-order valence-corrected chi connectivity index (χ4v) is 2.87. The SMILES string of the molecule is COC(=O)CC1CCCCN1Cc1nnsc1Cl. The molecule has 1 aromatic rings. The highest BCUT2D eigenvalue weighted by molar-refractivity contribution is 7.10. The van der Waals surface area contributed by atoms with Crippen LogP contribution in [0.4, 0.5) is 0 Å². The average Bonchev–Trinajstić information content (AvgIpc) is 2.77. The number of hydrogen-bond donors (Lipinski definition) is 0. The van der Waals surface area contributed by atoms with Crippen molar-refractivity contribution < 1.29 is 9.53 Å². The number of rotatable bonds is 4. The molecule has 0 N–H and O–H groups in total. The van der Waals surface area contributed by atoms with E-state index in [1.54, 1.807) is 0 Å². The quantitative estimate of drug-likeness (QED) is 0.795. The molecule has 7 heteroatoms. The molecule has 2 rings (SSSR count). The fourth-order valence-electron chi connectivity index (χ4n) is 2.26. The highest BCUT2D eigenvalue weighted by atomic mass is 35.5. The lowest BCUT2D eigenvalue weighted by atomic mass is 9.99. The average molecular weight is 290 g/mol. The number of likely N-dealkylation sites (tertiary alicyclic amines) is 1. The monoisotopic (exact) mass is 289 g/mol. The molecule has 0 spiro atoms. The number of ether oxygens (including phenoxy) is 1. The van der Waals surface area contributed by atoms with Crippen molar-refractivity contribution in [3.8, 4) is 0 Å². The Morgan fingerprint density at radius 3 is 3.11 bits per heavy atom. The zero-order chi connectivity index (χ0) is 13.0. The van der Waals surface area contributed by atoms with E-state index in [1.165, 1.54) is 18.6 Å². The van der Waals surface area contributed by atoms with Crippen molar-refractivity contribution >= 4 is 29.1 Å². The Kier molecular flexibility index (Phi) is 4.91. The van der Waals surface area contributed by atoms with E-state index < -0.39 is 0 Å². The summed E-state index contributed by atoms with van der Waals surface area (Å²) < 4.78 is 9.21. The molecule has 1 aliphatic heterocycles. The van der Waals surface area contributed by atoms with Crippen molar-refractivity contribution in [1.29, 1.82) is 0 Å². The molecule has 0 amide bonds. The van der Waals surface area contributed by atoms with Crippen LogP contribution in [0.2, 0.25) is 4.34 Å². The molecular formula is C11H16ClN3O2S. The Balaban J connectivity index is 1.99. The van der Waals surface area contributed by atoms with Crippen LogP contribution in [0, 0.1) is 0 Å². The number of carbonyl (C=O) groups excluding carboxylic acids is 1. The molecule has 100 valence electrons. The molecule has 1 atom stereocenters.